The zero-order valence-corrected chi connectivity index (χ0v) is 15.5. The molecule has 25 heavy (non-hydrogen) atoms. The average molecular weight is 346 g/mol. The van der Waals surface area contributed by atoms with Gasteiger partial charge in [0.05, 0.1) is 0 Å². The third kappa shape index (κ3) is 6.05. The van der Waals surface area contributed by atoms with E-state index in [-0.39, 0.29) is 18.0 Å². The largest absolute Gasteiger partial charge is 0.344 e. The summed E-state index contributed by atoms with van der Waals surface area (Å²) in [5.74, 6) is -0.0769. The fraction of sp³-hybridized carbons (Fsp3) is 0.579. The number of likely N-dealkylation sites (N-methyl/N-ethyl adjacent to an activating group) is 1. The monoisotopic (exact) mass is 346 g/mol. The number of nitrogens with one attached hydrogen (secondary N) is 2. The van der Waals surface area contributed by atoms with Gasteiger partial charge in [-0.2, -0.15) is 0 Å². The second-order valence-corrected chi connectivity index (χ2v) is 6.75. The number of hydrogen-bond acceptors (Lipinski definition) is 3. The Morgan fingerprint density at radius 3 is 2.72 bits per heavy atom. The van der Waals surface area contributed by atoms with Crippen molar-refractivity contribution in [3.8, 4) is 0 Å². The third-order valence-electron chi connectivity index (χ3n) is 4.66. The molecular weight excluding hydrogens is 316 g/mol. The van der Waals surface area contributed by atoms with Crippen molar-refractivity contribution in [2.24, 2.45) is 0 Å². The molecule has 3 amide bonds. The van der Waals surface area contributed by atoms with Gasteiger partial charge in [-0.15, -0.1) is 0 Å². The van der Waals surface area contributed by atoms with Crippen LogP contribution in [0.4, 0.5) is 4.79 Å². The second-order valence-electron chi connectivity index (χ2n) is 6.75. The van der Waals surface area contributed by atoms with Crippen molar-refractivity contribution in [3.63, 3.8) is 0 Å². The van der Waals surface area contributed by atoms with Crippen molar-refractivity contribution in [2.75, 3.05) is 26.7 Å². The molecule has 0 spiro atoms. The van der Waals surface area contributed by atoms with Crippen LogP contribution in [-0.4, -0.2) is 60.5 Å². The van der Waals surface area contributed by atoms with E-state index >= 15 is 0 Å². The highest BCUT2D eigenvalue weighted by Crippen LogP contribution is 2.13. The summed E-state index contributed by atoms with van der Waals surface area (Å²) in [6, 6.07) is 9.70. The van der Waals surface area contributed by atoms with Gasteiger partial charge in [-0.1, -0.05) is 30.3 Å². The molecule has 0 aromatic heterocycles. The highest BCUT2D eigenvalue weighted by molar-refractivity contribution is 5.86. The summed E-state index contributed by atoms with van der Waals surface area (Å²) in [5.41, 5.74) is 1.29. The third-order valence-corrected chi connectivity index (χ3v) is 4.66. The van der Waals surface area contributed by atoms with Crippen LogP contribution in [0.25, 0.3) is 0 Å². The van der Waals surface area contributed by atoms with E-state index < -0.39 is 6.04 Å². The molecule has 1 aromatic rings. The maximum Gasteiger partial charge on any atom is 0.315 e. The molecule has 0 saturated carbocycles. The molecule has 2 N–H and O–H groups in total. The first kappa shape index (κ1) is 19.2. The number of benzene rings is 1. The van der Waals surface area contributed by atoms with E-state index in [2.05, 4.69) is 27.7 Å². The minimum atomic E-state index is -0.519. The van der Waals surface area contributed by atoms with Gasteiger partial charge in [-0.3, -0.25) is 9.69 Å². The maximum atomic E-state index is 12.2. The lowest BCUT2D eigenvalue weighted by Gasteiger charge is -2.33. The predicted octanol–water partition coefficient (Wildman–Crippen LogP) is 1.82. The van der Waals surface area contributed by atoms with Crippen molar-refractivity contribution in [1.29, 1.82) is 0 Å². The highest BCUT2D eigenvalue weighted by atomic mass is 16.2. The van der Waals surface area contributed by atoms with Crippen LogP contribution in [0.3, 0.4) is 0 Å². The van der Waals surface area contributed by atoms with Crippen molar-refractivity contribution < 1.29 is 9.59 Å². The van der Waals surface area contributed by atoms with Crippen LogP contribution >= 0.6 is 0 Å². The standard InChI is InChI=1S/C19H30N4O2/c1-4-22(3)18(24)15(2)20-19(25)21-17-11-8-12-23(14-17)13-16-9-6-5-7-10-16/h5-7,9-10,15,17H,4,8,11-14H2,1-3H3,(H2,20,21,25)/t15-,17+/m1/s1. The molecule has 1 aliphatic rings. The minimum Gasteiger partial charge on any atom is -0.344 e. The molecule has 2 rings (SSSR count). The summed E-state index contributed by atoms with van der Waals surface area (Å²) in [6.07, 6.45) is 2.03. The Bertz CT molecular complexity index is 564. The lowest BCUT2D eigenvalue weighted by Crippen LogP contribution is -2.54. The molecule has 1 heterocycles. The van der Waals surface area contributed by atoms with E-state index in [4.69, 9.17) is 0 Å². The predicted molar refractivity (Wildman–Crippen MR) is 99.2 cm³/mol. The van der Waals surface area contributed by atoms with E-state index in [0.29, 0.717) is 6.54 Å². The van der Waals surface area contributed by atoms with Crippen molar-refractivity contribution >= 4 is 11.9 Å². The van der Waals surface area contributed by atoms with Gasteiger partial charge in [0.15, 0.2) is 0 Å². The summed E-state index contributed by atoms with van der Waals surface area (Å²) in [7, 11) is 1.74. The van der Waals surface area contributed by atoms with Gasteiger partial charge in [0.1, 0.15) is 6.04 Å². The number of amides is 3. The van der Waals surface area contributed by atoms with Crippen LogP contribution < -0.4 is 10.6 Å². The molecule has 1 saturated heterocycles. The van der Waals surface area contributed by atoms with Crippen molar-refractivity contribution in [3.05, 3.63) is 35.9 Å². The Kier molecular flexibility index (Phi) is 7.25. The highest BCUT2D eigenvalue weighted by Gasteiger charge is 2.23. The molecule has 0 unspecified atom stereocenters. The van der Waals surface area contributed by atoms with Gasteiger partial charge in [-0.05, 0) is 38.8 Å². The first-order valence-electron chi connectivity index (χ1n) is 9.08. The minimum absolute atomic E-state index is 0.0769. The van der Waals surface area contributed by atoms with E-state index in [0.717, 1.165) is 32.5 Å². The summed E-state index contributed by atoms with van der Waals surface area (Å²) >= 11 is 0. The zero-order valence-electron chi connectivity index (χ0n) is 15.5. The van der Waals surface area contributed by atoms with E-state index in [9.17, 15) is 9.59 Å². The number of carbonyl (C=O) groups is 2. The normalized spacial score (nSPS) is 19.1. The Labute approximate surface area is 150 Å². The molecule has 138 valence electrons. The van der Waals surface area contributed by atoms with E-state index in [1.807, 2.05) is 25.1 Å². The summed E-state index contributed by atoms with van der Waals surface area (Å²) in [6.45, 7) is 7.04. The van der Waals surface area contributed by atoms with Gasteiger partial charge in [0, 0.05) is 32.7 Å². The fourth-order valence-electron chi connectivity index (χ4n) is 3.13. The van der Waals surface area contributed by atoms with E-state index in [1.54, 1.807) is 18.9 Å². The van der Waals surface area contributed by atoms with Gasteiger partial charge in [0.25, 0.3) is 0 Å². The summed E-state index contributed by atoms with van der Waals surface area (Å²) in [5, 5.41) is 5.76. The quantitative estimate of drug-likeness (QED) is 0.826. The summed E-state index contributed by atoms with van der Waals surface area (Å²) < 4.78 is 0. The fourth-order valence-corrected chi connectivity index (χ4v) is 3.13. The number of nitrogens with zero attached hydrogens (tertiary/aromatic N) is 2. The Morgan fingerprint density at radius 2 is 2.04 bits per heavy atom. The molecule has 2 atom stereocenters. The Hall–Kier alpha value is -2.08. The van der Waals surface area contributed by atoms with Crippen LogP contribution in [0, 0.1) is 0 Å². The number of urea groups is 1. The van der Waals surface area contributed by atoms with Crippen LogP contribution in [0.1, 0.15) is 32.3 Å². The molecule has 1 fully saturated rings. The number of hydrogen-bond donors (Lipinski definition) is 2. The second kappa shape index (κ2) is 9.42. The van der Waals surface area contributed by atoms with Crippen molar-refractivity contribution in [2.45, 2.75) is 45.3 Å². The molecule has 6 nitrogen and oxygen atoms in total. The van der Waals surface area contributed by atoms with Crippen LogP contribution in [0.5, 0.6) is 0 Å². The number of carbonyl (C=O) groups excluding carboxylic acids is 2. The van der Waals surface area contributed by atoms with E-state index in [1.165, 1.54) is 5.56 Å². The van der Waals surface area contributed by atoms with Crippen LogP contribution in [-0.2, 0) is 11.3 Å². The zero-order chi connectivity index (χ0) is 18.2. The van der Waals surface area contributed by atoms with Gasteiger partial charge >= 0.3 is 6.03 Å². The molecule has 1 aromatic carbocycles. The molecular formula is C19H30N4O2. The van der Waals surface area contributed by atoms with Gasteiger partial charge < -0.3 is 15.5 Å². The number of likely N-dealkylation sites (tertiary alicyclic amines) is 1. The maximum absolute atomic E-state index is 12.2. The van der Waals surface area contributed by atoms with Gasteiger partial charge in [0.2, 0.25) is 5.91 Å². The number of rotatable bonds is 6. The smallest absolute Gasteiger partial charge is 0.315 e. The van der Waals surface area contributed by atoms with Crippen LogP contribution in [0.2, 0.25) is 0 Å². The Morgan fingerprint density at radius 1 is 1.32 bits per heavy atom. The molecule has 0 bridgehead atoms. The lowest BCUT2D eigenvalue weighted by atomic mass is 10.0. The topological polar surface area (TPSA) is 64.7 Å². The molecule has 1 aliphatic heterocycles. The van der Waals surface area contributed by atoms with Gasteiger partial charge in [-0.25, -0.2) is 4.79 Å². The molecule has 0 aliphatic carbocycles. The molecule has 6 heteroatoms. The molecule has 0 radical (unpaired) electrons. The first-order valence-corrected chi connectivity index (χ1v) is 9.08. The average Bonchev–Trinajstić information content (AvgIpc) is 2.61. The first-order chi connectivity index (χ1) is 12.0. The Balaban J connectivity index is 1.79. The number of piperidine rings is 1. The summed E-state index contributed by atoms with van der Waals surface area (Å²) in [4.78, 5) is 28.2. The van der Waals surface area contributed by atoms with Crippen molar-refractivity contribution in [1.82, 2.24) is 20.4 Å². The SMILES string of the molecule is CCN(C)C(=O)[C@@H](C)NC(=O)N[C@H]1CCCN(Cc2ccccc2)C1. The van der Waals surface area contributed by atoms with Crippen LogP contribution in [0.15, 0.2) is 30.3 Å². The lowest BCUT2D eigenvalue weighted by molar-refractivity contribution is -0.131.